The molecule has 0 spiro atoms. The van der Waals surface area contributed by atoms with Gasteiger partial charge in [-0.15, -0.1) is 0 Å². The van der Waals surface area contributed by atoms with Crippen LogP contribution in [0.25, 0.3) is 10.9 Å². The number of aryl methyl sites for hydroxylation is 3. The van der Waals surface area contributed by atoms with Crippen molar-refractivity contribution >= 4 is 45.7 Å². The van der Waals surface area contributed by atoms with Gasteiger partial charge in [-0.1, -0.05) is 35.3 Å². The molecule has 0 radical (unpaired) electrons. The number of hydrogen-bond donors (Lipinski definition) is 1. The summed E-state index contributed by atoms with van der Waals surface area (Å²) < 4.78 is 1.95. The third-order valence-corrected chi connectivity index (χ3v) is 4.61. The molecule has 118 valence electrons. The summed E-state index contributed by atoms with van der Waals surface area (Å²) in [6.07, 6.45) is 1.82. The molecular formula is C18H16Cl2N2O. The second-order valence-corrected chi connectivity index (χ2v) is 6.52. The molecule has 0 aliphatic heterocycles. The highest BCUT2D eigenvalue weighted by Gasteiger charge is 2.16. The van der Waals surface area contributed by atoms with E-state index in [0.717, 1.165) is 22.0 Å². The quantitative estimate of drug-likeness (QED) is 0.666. The zero-order valence-electron chi connectivity index (χ0n) is 13.1. The smallest absolute Gasteiger partial charge is 0.257 e. The Morgan fingerprint density at radius 2 is 1.83 bits per heavy atom. The molecule has 1 heterocycles. The Kier molecular flexibility index (Phi) is 4.09. The van der Waals surface area contributed by atoms with Gasteiger partial charge in [-0.2, -0.15) is 0 Å². The van der Waals surface area contributed by atoms with Crippen molar-refractivity contribution in [3.8, 4) is 0 Å². The number of carbonyl (C=O) groups excluding carboxylic acids is 1. The van der Waals surface area contributed by atoms with Crippen LogP contribution in [0.3, 0.4) is 0 Å². The zero-order valence-corrected chi connectivity index (χ0v) is 14.6. The van der Waals surface area contributed by atoms with Crippen molar-refractivity contribution in [2.75, 3.05) is 5.32 Å². The van der Waals surface area contributed by atoms with Crippen molar-refractivity contribution < 1.29 is 4.79 Å². The van der Waals surface area contributed by atoms with Gasteiger partial charge in [-0.05, 0) is 43.2 Å². The van der Waals surface area contributed by atoms with Gasteiger partial charge in [0.05, 0.1) is 16.3 Å². The lowest BCUT2D eigenvalue weighted by Crippen LogP contribution is -2.12. The van der Waals surface area contributed by atoms with E-state index in [-0.39, 0.29) is 5.91 Å². The number of nitrogens with one attached hydrogen (secondary N) is 1. The van der Waals surface area contributed by atoms with Crippen LogP contribution in [-0.2, 0) is 7.05 Å². The number of amides is 1. The first kappa shape index (κ1) is 15.9. The van der Waals surface area contributed by atoms with E-state index < -0.39 is 0 Å². The lowest BCUT2D eigenvalue weighted by Gasteiger charge is -2.09. The minimum absolute atomic E-state index is 0.207. The lowest BCUT2D eigenvalue weighted by molar-refractivity contribution is 0.102. The normalized spacial score (nSPS) is 11.0. The van der Waals surface area contributed by atoms with Crippen LogP contribution in [0.15, 0.2) is 36.5 Å². The molecule has 2 aromatic carbocycles. The summed E-state index contributed by atoms with van der Waals surface area (Å²) >= 11 is 12.3. The summed E-state index contributed by atoms with van der Waals surface area (Å²) in [5.74, 6) is -0.207. The first-order valence-electron chi connectivity index (χ1n) is 7.19. The number of halogens is 2. The number of fused-ring (bicyclic) bond motifs is 1. The van der Waals surface area contributed by atoms with Crippen LogP contribution < -0.4 is 5.32 Å². The van der Waals surface area contributed by atoms with Crippen LogP contribution in [0.5, 0.6) is 0 Å². The van der Waals surface area contributed by atoms with E-state index in [1.54, 1.807) is 12.1 Å². The monoisotopic (exact) mass is 346 g/mol. The van der Waals surface area contributed by atoms with E-state index in [1.807, 2.05) is 43.8 Å². The number of rotatable bonds is 2. The number of nitrogens with zero attached hydrogens (tertiary/aromatic N) is 1. The molecule has 0 aliphatic carbocycles. The van der Waals surface area contributed by atoms with Crippen LogP contribution >= 0.6 is 23.2 Å². The van der Waals surface area contributed by atoms with Gasteiger partial charge in [0.1, 0.15) is 0 Å². The maximum absolute atomic E-state index is 12.6. The van der Waals surface area contributed by atoms with E-state index in [9.17, 15) is 4.79 Å². The van der Waals surface area contributed by atoms with Crippen LogP contribution in [0, 0.1) is 13.8 Å². The largest absolute Gasteiger partial charge is 0.350 e. The number of aromatic nitrogens is 1. The molecule has 1 amide bonds. The topological polar surface area (TPSA) is 34.0 Å². The van der Waals surface area contributed by atoms with E-state index in [1.165, 1.54) is 0 Å². The molecule has 0 unspecified atom stereocenters. The standard InChI is InChI=1S/C18H16Cl2N2O/c1-10-4-5-12-13(9-22(3)17(12)6-10)18(23)21-16-8-14(19)11(2)7-15(16)20/h4-9H,1-3H3,(H,21,23). The third-order valence-electron chi connectivity index (χ3n) is 3.89. The summed E-state index contributed by atoms with van der Waals surface area (Å²) in [6, 6.07) is 9.43. The first-order valence-corrected chi connectivity index (χ1v) is 7.95. The van der Waals surface area contributed by atoms with E-state index >= 15 is 0 Å². The zero-order chi connectivity index (χ0) is 16.7. The van der Waals surface area contributed by atoms with Gasteiger partial charge >= 0.3 is 0 Å². The van der Waals surface area contributed by atoms with Crippen LogP contribution in [0.2, 0.25) is 10.0 Å². The maximum atomic E-state index is 12.6. The van der Waals surface area contributed by atoms with Gasteiger partial charge < -0.3 is 9.88 Å². The molecule has 23 heavy (non-hydrogen) atoms. The molecule has 0 saturated heterocycles. The van der Waals surface area contributed by atoms with E-state index in [2.05, 4.69) is 11.4 Å². The predicted molar refractivity (Wildman–Crippen MR) is 96.8 cm³/mol. The molecule has 0 fully saturated rings. The molecule has 3 rings (SSSR count). The number of carbonyl (C=O) groups is 1. The molecule has 0 bridgehead atoms. The average molecular weight is 347 g/mol. The lowest BCUT2D eigenvalue weighted by atomic mass is 10.1. The summed E-state index contributed by atoms with van der Waals surface area (Å²) in [6.45, 7) is 3.90. The Labute approximate surface area is 144 Å². The van der Waals surface area contributed by atoms with Gasteiger partial charge in [0.25, 0.3) is 5.91 Å². The van der Waals surface area contributed by atoms with E-state index in [4.69, 9.17) is 23.2 Å². The Morgan fingerprint density at radius 1 is 1.09 bits per heavy atom. The summed E-state index contributed by atoms with van der Waals surface area (Å²) in [5.41, 5.74) is 4.16. The molecule has 0 atom stereocenters. The van der Waals surface area contributed by atoms with Crippen molar-refractivity contribution in [1.29, 1.82) is 0 Å². The molecular weight excluding hydrogens is 331 g/mol. The third kappa shape index (κ3) is 2.94. The van der Waals surface area contributed by atoms with Crippen LogP contribution in [0.4, 0.5) is 5.69 Å². The SMILES string of the molecule is Cc1ccc2c(C(=O)Nc3cc(Cl)c(C)cc3Cl)cn(C)c2c1. The van der Waals surface area contributed by atoms with Crippen molar-refractivity contribution in [1.82, 2.24) is 4.57 Å². The van der Waals surface area contributed by atoms with Gasteiger partial charge in [-0.25, -0.2) is 0 Å². The minimum Gasteiger partial charge on any atom is -0.350 e. The second-order valence-electron chi connectivity index (χ2n) is 5.71. The van der Waals surface area contributed by atoms with Crippen molar-refractivity contribution in [2.24, 2.45) is 7.05 Å². The molecule has 0 aliphatic rings. The number of hydrogen-bond acceptors (Lipinski definition) is 1. The fourth-order valence-electron chi connectivity index (χ4n) is 2.61. The Balaban J connectivity index is 2.00. The highest BCUT2D eigenvalue weighted by Crippen LogP contribution is 2.30. The predicted octanol–water partition coefficient (Wildman–Crippen LogP) is 5.35. The second kappa shape index (κ2) is 5.91. The Bertz CT molecular complexity index is 928. The highest BCUT2D eigenvalue weighted by atomic mass is 35.5. The molecule has 1 aromatic heterocycles. The summed E-state index contributed by atoms with van der Waals surface area (Å²) in [4.78, 5) is 12.6. The van der Waals surface area contributed by atoms with Crippen molar-refractivity contribution in [2.45, 2.75) is 13.8 Å². The Hall–Kier alpha value is -1.97. The molecule has 5 heteroatoms. The Morgan fingerprint density at radius 3 is 2.57 bits per heavy atom. The number of anilines is 1. The van der Waals surface area contributed by atoms with Crippen LogP contribution in [0.1, 0.15) is 21.5 Å². The van der Waals surface area contributed by atoms with Crippen molar-refractivity contribution in [3.05, 3.63) is 63.3 Å². The maximum Gasteiger partial charge on any atom is 0.257 e. The molecule has 3 nitrogen and oxygen atoms in total. The first-order chi connectivity index (χ1) is 10.9. The van der Waals surface area contributed by atoms with Crippen LogP contribution in [-0.4, -0.2) is 10.5 Å². The molecule has 1 N–H and O–H groups in total. The molecule has 0 saturated carbocycles. The van der Waals surface area contributed by atoms with Gasteiger partial charge in [0.15, 0.2) is 0 Å². The fourth-order valence-corrected chi connectivity index (χ4v) is 3.04. The van der Waals surface area contributed by atoms with Gasteiger partial charge in [-0.3, -0.25) is 4.79 Å². The van der Waals surface area contributed by atoms with Gasteiger partial charge in [0.2, 0.25) is 0 Å². The summed E-state index contributed by atoms with van der Waals surface area (Å²) in [5, 5.41) is 4.79. The molecule has 3 aromatic rings. The summed E-state index contributed by atoms with van der Waals surface area (Å²) in [7, 11) is 1.92. The minimum atomic E-state index is -0.207. The van der Waals surface area contributed by atoms with Crippen molar-refractivity contribution in [3.63, 3.8) is 0 Å². The number of benzene rings is 2. The average Bonchev–Trinajstić information content (AvgIpc) is 2.81. The highest BCUT2D eigenvalue weighted by molar-refractivity contribution is 6.36. The fraction of sp³-hybridized carbons (Fsp3) is 0.167. The van der Waals surface area contributed by atoms with Gasteiger partial charge in [0, 0.05) is 29.2 Å². The van der Waals surface area contributed by atoms with E-state index in [0.29, 0.717) is 21.3 Å².